The molecule has 0 aromatic carbocycles. The van der Waals surface area contributed by atoms with Crippen LogP contribution in [0.2, 0.25) is 0 Å². The van der Waals surface area contributed by atoms with Crippen LogP contribution in [-0.4, -0.2) is 31.3 Å². The lowest BCUT2D eigenvalue weighted by atomic mass is 10.0. The number of carbonyl (C=O) groups is 2. The second-order valence-corrected chi connectivity index (χ2v) is 4.48. The minimum Gasteiger partial charge on any atom is -0.501 e. The highest BCUT2D eigenvalue weighted by Gasteiger charge is 2.46. The van der Waals surface area contributed by atoms with Crippen molar-refractivity contribution in [1.29, 1.82) is 0 Å². The van der Waals surface area contributed by atoms with Crippen LogP contribution in [0.5, 0.6) is 0 Å². The fourth-order valence-electron chi connectivity index (χ4n) is 2.37. The van der Waals surface area contributed by atoms with Gasteiger partial charge >= 0.3 is 11.9 Å². The standard InChI is InChI=1S/C14H16O5/c1-3-18-7-5-12(15)19-14-6-4-10(8-14)11(9-14)13(16)17-2/h3-4,6,9-10H,1,5,7-8H2,2H3. The Bertz CT molecular complexity index is 462. The molecule has 2 bridgehead atoms. The van der Waals surface area contributed by atoms with E-state index in [-0.39, 0.29) is 30.9 Å². The fraction of sp³-hybridized carbons (Fsp3) is 0.429. The lowest BCUT2D eigenvalue weighted by molar-refractivity contribution is -0.152. The number of hydrogen-bond acceptors (Lipinski definition) is 5. The van der Waals surface area contributed by atoms with Crippen LogP contribution in [0.4, 0.5) is 0 Å². The molecule has 5 nitrogen and oxygen atoms in total. The predicted molar refractivity (Wildman–Crippen MR) is 66.9 cm³/mol. The zero-order valence-electron chi connectivity index (χ0n) is 10.8. The summed E-state index contributed by atoms with van der Waals surface area (Å²) in [5, 5.41) is 0. The zero-order valence-corrected chi connectivity index (χ0v) is 10.8. The summed E-state index contributed by atoms with van der Waals surface area (Å²) in [4.78, 5) is 23.2. The Morgan fingerprint density at radius 1 is 1.58 bits per heavy atom. The van der Waals surface area contributed by atoms with Gasteiger partial charge < -0.3 is 14.2 Å². The number of ether oxygens (including phenoxy) is 3. The lowest BCUT2D eigenvalue weighted by Crippen LogP contribution is -2.28. The summed E-state index contributed by atoms with van der Waals surface area (Å²) in [7, 11) is 1.34. The van der Waals surface area contributed by atoms with E-state index in [1.165, 1.54) is 13.4 Å². The molecule has 0 aromatic rings. The van der Waals surface area contributed by atoms with Gasteiger partial charge in [0.15, 0.2) is 5.60 Å². The van der Waals surface area contributed by atoms with Crippen molar-refractivity contribution < 1.29 is 23.8 Å². The summed E-state index contributed by atoms with van der Waals surface area (Å²) in [6, 6.07) is 0. The van der Waals surface area contributed by atoms with Crippen LogP contribution in [0, 0.1) is 5.92 Å². The number of allylic oxidation sites excluding steroid dienone is 1. The molecule has 0 N–H and O–H groups in total. The van der Waals surface area contributed by atoms with Gasteiger partial charge in [0.25, 0.3) is 0 Å². The van der Waals surface area contributed by atoms with Crippen LogP contribution in [-0.2, 0) is 23.8 Å². The number of methoxy groups -OCH3 is 1. The molecular weight excluding hydrogens is 248 g/mol. The van der Waals surface area contributed by atoms with Crippen LogP contribution >= 0.6 is 0 Å². The molecule has 2 aliphatic carbocycles. The second-order valence-electron chi connectivity index (χ2n) is 4.48. The Morgan fingerprint density at radius 3 is 3.05 bits per heavy atom. The van der Waals surface area contributed by atoms with Crippen LogP contribution in [0.1, 0.15) is 12.8 Å². The quantitative estimate of drug-likeness (QED) is 0.315. The SMILES string of the molecule is C=COCCC(=O)OC12C=CC(C1)C(C(=O)OC)=C2. The molecule has 2 unspecified atom stereocenters. The van der Waals surface area contributed by atoms with Gasteiger partial charge in [0.2, 0.25) is 0 Å². The zero-order chi connectivity index (χ0) is 13.9. The fourth-order valence-corrected chi connectivity index (χ4v) is 2.37. The summed E-state index contributed by atoms with van der Waals surface area (Å²) < 4.78 is 15.0. The largest absolute Gasteiger partial charge is 0.501 e. The van der Waals surface area contributed by atoms with Gasteiger partial charge in [-0.15, -0.1) is 0 Å². The Kier molecular flexibility index (Phi) is 3.74. The number of carbonyl (C=O) groups excluding carboxylic acids is 2. The molecule has 0 saturated heterocycles. The Morgan fingerprint density at radius 2 is 2.37 bits per heavy atom. The molecule has 2 rings (SSSR count). The first-order valence-electron chi connectivity index (χ1n) is 6.05. The van der Waals surface area contributed by atoms with Crippen molar-refractivity contribution in [2.24, 2.45) is 5.92 Å². The second kappa shape index (κ2) is 5.30. The molecule has 0 amide bonds. The van der Waals surface area contributed by atoms with E-state index in [2.05, 4.69) is 6.58 Å². The molecule has 0 aliphatic heterocycles. The number of hydrogen-bond donors (Lipinski definition) is 0. The molecule has 0 spiro atoms. The molecule has 0 heterocycles. The summed E-state index contributed by atoms with van der Waals surface area (Å²) in [5.41, 5.74) is -0.237. The van der Waals surface area contributed by atoms with Gasteiger partial charge in [-0.3, -0.25) is 4.79 Å². The van der Waals surface area contributed by atoms with E-state index >= 15 is 0 Å². The summed E-state index contributed by atoms with van der Waals surface area (Å²) >= 11 is 0. The van der Waals surface area contributed by atoms with Gasteiger partial charge in [-0.2, -0.15) is 0 Å². The normalized spacial score (nSPS) is 26.8. The van der Waals surface area contributed by atoms with Crippen LogP contribution in [0.3, 0.4) is 0 Å². The average Bonchev–Trinajstić information content (AvgIpc) is 2.95. The molecule has 0 aromatic heterocycles. The predicted octanol–water partition coefficient (Wildman–Crippen LogP) is 1.51. The van der Waals surface area contributed by atoms with Crippen molar-refractivity contribution >= 4 is 11.9 Å². The summed E-state index contributed by atoms with van der Waals surface area (Å²) in [5.74, 6) is -0.763. The molecule has 0 saturated carbocycles. The van der Waals surface area contributed by atoms with E-state index in [1.807, 2.05) is 12.2 Å². The lowest BCUT2D eigenvalue weighted by Gasteiger charge is -2.21. The highest BCUT2D eigenvalue weighted by atomic mass is 16.6. The average molecular weight is 264 g/mol. The number of rotatable bonds is 6. The van der Waals surface area contributed by atoms with Gasteiger partial charge in [0, 0.05) is 17.9 Å². The minimum absolute atomic E-state index is 0.0234. The maximum atomic E-state index is 11.7. The highest BCUT2D eigenvalue weighted by Crippen LogP contribution is 2.44. The maximum Gasteiger partial charge on any atom is 0.334 e. The molecular formula is C14H16O5. The third kappa shape index (κ3) is 2.70. The van der Waals surface area contributed by atoms with Crippen LogP contribution < -0.4 is 0 Å². The van der Waals surface area contributed by atoms with Gasteiger partial charge in [0.1, 0.15) is 0 Å². The van der Waals surface area contributed by atoms with Crippen LogP contribution in [0.15, 0.2) is 36.6 Å². The molecule has 19 heavy (non-hydrogen) atoms. The molecule has 0 radical (unpaired) electrons. The summed E-state index contributed by atoms with van der Waals surface area (Å²) in [6.07, 6.45) is 7.37. The van der Waals surface area contributed by atoms with E-state index < -0.39 is 5.60 Å². The van der Waals surface area contributed by atoms with Crippen LogP contribution in [0.25, 0.3) is 0 Å². The van der Waals surface area contributed by atoms with E-state index in [0.717, 1.165) is 0 Å². The molecule has 5 heteroatoms. The van der Waals surface area contributed by atoms with Gasteiger partial charge in [-0.05, 0) is 12.2 Å². The molecule has 2 atom stereocenters. The first-order valence-corrected chi connectivity index (χ1v) is 6.05. The topological polar surface area (TPSA) is 61.8 Å². The van der Waals surface area contributed by atoms with Crippen molar-refractivity contribution in [1.82, 2.24) is 0 Å². The molecule has 102 valence electrons. The minimum atomic E-state index is -0.792. The molecule has 0 fully saturated rings. The highest BCUT2D eigenvalue weighted by molar-refractivity contribution is 5.91. The van der Waals surface area contributed by atoms with Crippen molar-refractivity contribution in [3.8, 4) is 0 Å². The van der Waals surface area contributed by atoms with Crippen molar-refractivity contribution in [2.75, 3.05) is 13.7 Å². The van der Waals surface area contributed by atoms with E-state index in [0.29, 0.717) is 12.0 Å². The Labute approximate surface area is 111 Å². The van der Waals surface area contributed by atoms with E-state index in [1.54, 1.807) is 6.08 Å². The smallest absolute Gasteiger partial charge is 0.334 e. The van der Waals surface area contributed by atoms with Crippen molar-refractivity contribution in [3.05, 3.63) is 36.6 Å². The van der Waals surface area contributed by atoms with E-state index in [4.69, 9.17) is 14.2 Å². The number of esters is 2. The summed E-state index contributed by atoms with van der Waals surface area (Å²) in [6.45, 7) is 3.62. The van der Waals surface area contributed by atoms with Gasteiger partial charge in [0.05, 0.1) is 26.4 Å². The maximum absolute atomic E-state index is 11.7. The van der Waals surface area contributed by atoms with E-state index in [9.17, 15) is 9.59 Å². The third-order valence-corrected chi connectivity index (χ3v) is 3.22. The number of fused-ring (bicyclic) bond motifs is 2. The first-order chi connectivity index (χ1) is 9.10. The Balaban J connectivity index is 1.98. The Hall–Kier alpha value is -2.04. The third-order valence-electron chi connectivity index (χ3n) is 3.22. The molecule has 2 aliphatic rings. The van der Waals surface area contributed by atoms with Gasteiger partial charge in [-0.25, -0.2) is 4.79 Å². The first kappa shape index (κ1) is 13.4. The van der Waals surface area contributed by atoms with Crippen molar-refractivity contribution in [3.63, 3.8) is 0 Å². The monoisotopic (exact) mass is 264 g/mol. The van der Waals surface area contributed by atoms with Gasteiger partial charge in [-0.1, -0.05) is 12.7 Å². The van der Waals surface area contributed by atoms with Crippen molar-refractivity contribution in [2.45, 2.75) is 18.4 Å².